The molecule has 0 aromatic heterocycles. The molecule has 0 aliphatic carbocycles. The molecule has 3 nitrogen and oxygen atoms in total. The Labute approximate surface area is 104 Å². The Kier molecular flexibility index (Phi) is 3.57. The number of hydrogen-bond donors (Lipinski definition) is 1. The van der Waals surface area contributed by atoms with Crippen LogP contribution >= 0.6 is 0 Å². The molecule has 18 heavy (non-hydrogen) atoms. The minimum Gasteiger partial charge on any atom is -0.457 e. The van der Waals surface area contributed by atoms with Gasteiger partial charge in [-0.15, -0.1) is 0 Å². The maximum absolute atomic E-state index is 12.7. The molecule has 0 aliphatic rings. The minimum atomic E-state index is -0.498. The molecule has 0 aliphatic heterocycles. The number of nitrogens with two attached hydrogens (primary N) is 1. The van der Waals surface area contributed by atoms with E-state index < -0.39 is 5.91 Å². The summed E-state index contributed by atoms with van der Waals surface area (Å²) < 4.78 is 18.2. The lowest BCUT2D eigenvalue weighted by Gasteiger charge is -2.06. The summed E-state index contributed by atoms with van der Waals surface area (Å²) >= 11 is 0. The molecule has 2 aromatic carbocycles. The summed E-state index contributed by atoms with van der Waals surface area (Å²) in [5.41, 5.74) is 5.74. The Hall–Kier alpha value is -2.36. The molecule has 0 heterocycles. The van der Waals surface area contributed by atoms with Crippen LogP contribution in [0.15, 0.2) is 48.5 Å². The summed E-state index contributed by atoms with van der Waals surface area (Å²) in [6.07, 6.45) is 1.32. The second-order valence-corrected chi connectivity index (χ2v) is 3.67. The van der Waals surface area contributed by atoms with Crippen LogP contribution in [0.25, 0.3) is 0 Å². The van der Waals surface area contributed by atoms with Gasteiger partial charge in [0.05, 0.1) is 6.42 Å². The summed E-state index contributed by atoms with van der Waals surface area (Å²) in [5.74, 6) is 0.335. The fraction of sp³-hybridized carbons (Fsp3) is 0. The average Bonchev–Trinajstić information content (AvgIpc) is 2.34. The molecule has 2 rings (SSSR count). The third-order valence-corrected chi connectivity index (χ3v) is 2.24. The molecule has 0 spiro atoms. The van der Waals surface area contributed by atoms with Crippen LogP contribution in [0, 0.1) is 12.2 Å². The van der Waals surface area contributed by atoms with E-state index in [1.54, 1.807) is 36.4 Å². The van der Waals surface area contributed by atoms with Crippen LogP contribution < -0.4 is 10.5 Å². The second-order valence-electron chi connectivity index (χ2n) is 3.67. The van der Waals surface area contributed by atoms with Gasteiger partial charge in [0.1, 0.15) is 17.3 Å². The number of carbonyl (C=O) groups is 1. The van der Waals surface area contributed by atoms with E-state index >= 15 is 0 Å². The van der Waals surface area contributed by atoms with Gasteiger partial charge in [-0.1, -0.05) is 12.1 Å². The van der Waals surface area contributed by atoms with Gasteiger partial charge in [0, 0.05) is 0 Å². The van der Waals surface area contributed by atoms with E-state index in [-0.39, 0.29) is 5.82 Å². The number of ether oxygens (including phenoxy) is 1. The smallest absolute Gasteiger partial charge is 0.226 e. The number of amides is 1. The van der Waals surface area contributed by atoms with E-state index in [1.165, 1.54) is 18.6 Å². The lowest BCUT2D eigenvalue weighted by Crippen LogP contribution is -2.11. The monoisotopic (exact) mass is 244 g/mol. The van der Waals surface area contributed by atoms with Crippen molar-refractivity contribution in [2.75, 3.05) is 0 Å². The van der Waals surface area contributed by atoms with Gasteiger partial charge in [-0.05, 0) is 42.0 Å². The summed E-state index contributed by atoms with van der Waals surface area (Å²) in [6, 6.07) is 12.6. The normalized spacial score (nSPS) is 10.1. The van der Waals surface area contributed by atoms with Crippen LogP contribution in [-0.4, -0.2) is 5.91 Å². The summed E-state index contributed by atoms with van der Waals surface area (Å²) in [5, 5.41) is 0. The first-order valence-corrected chi connectivity index (χ1v) is 5.31. The Bertz CT molecular complexity index is 535. The van der Waals surface area contributed by atoms with Gasteiger partial charge in [-0.25, -0.2) is 4.39 Å². The van der Waals surface area contributed by atoms with Crippen molar-refractivity contribution in [2.45, 2.75) is 0 Å². The maximum atomic E-state index is 12.7. The topological polar surface area (TPSA) is 52.3 Å². The van der Waals surface area contributed by atoms with Crippen molar-refractivity contribution in [1.29, 1.82) is 0 Å². The molecule has 0 saturated heterocycles. The highest BCUT2D eigenvalue weighted by Gasteiger charge is 2.01. The predicted octanol–water partition coefficient (Wildman–Crippen LogP) is 2.66. The van der Waals surface area contributed by atoms with E-state index in [2.05, 4.69) is 0 Å². The molecule has 0 bridgehead atoms. The fourth-order valence-electron chi connectivity index (χ4n) is 1.44. The average molecular weight is 244 g/mol. The number of halogens is 1. The van der Waals surface area contributed by atoms with Crippen molar-refractivity contribution in [3.8, 4) is 11.5 Å². The number of rotatable bonds is 4. The molecule has 2 aromatic rings. The van der Waals surface area contributed by atoms with Gasteiger partial charge in [-0.2, -0.15) is 0 Å². The zero-order chi connectivity index (χ0) is 13.0. The third kappa shape index (κ3) is 3.31. The first-order valence-electron chi connectivity index (χ1n) is 5.31. The van der Waals surface area contributed by atoms with Gasteiger partial charge >= 0.3 is 0 Å². The highest BCUT2D eigenvalue weighted by molar-refractivity contribution is 5.86. The molecule has 0 atom stereocenters. The van der Waals surface area contributed by atoms with E-state index in [0.29, 0.717) is 17.1 Å². The minimum absolute atomic E-state index is 0.311. The largest absolute Gasteiger partial charge is 0.457 e. The van der Waals surface area contributed by atoms with Crippen molar-refractivity contribution in [3.63, 3.8) is 0 Å². The van der Waals surface area contributed by atoms with Crippen LogP contribution in [-0.2, 0) is 4.79 Å². The molecular weight excluding hydrogens is 233 g/mol. The Morgan fingerprint density at radius 3 is 2.00 bits per heavy atom. The van der Waals surface area contributed by atoms with Crippen molar-refractivity contribution >= 4 is 5.91 Å². The van der Waals surface area contributed by atoms with E-state index in [4.69, 9.17) is 10.5 Å². The van der Waals surface area contributed by atoms with Crippen LogP contribution in [0.5, 0.6) is 11.5 Å². The summed E-state index contributed by atoms with van der Waals surface area (Å²) in [4.78, 5) is 10.7. The third-order valence-electron chi connectivity index (χ3n) is 2.24. The lowest BCUT2D eigenvalue weighted by atomic mass is 10.1. The summed E-state index contributed by atoms with van der Waals surface area (Å²) in [6.45, 7) is 0. The molecule has 1 radical (unpaired) electrons. The van der Waals surface area contributed by atoms with E-state index in [1.807, 2.05) is 0 Å². The molecular formula is C14H11FNO2. The van der Waals surface area contributed by atoms with Gasteiger partial charge in [-0.3, -0.25) is 4.79 Å². The SMILES string of the molecule is NC(=O)[CH]c1ccc(Oc2ccc(F)cc2)cc1. The Balaban J connectivity index is 2.06. The fourth-order valence-corrected chi connectivity index (χ4v) is 1.44. The number of benzene rings is 2. The van der Waals surface area contributed by atoms with Gasteiger partial charge in [0.2, 0.25) is 5.91 Å². The Morgan fingerprint density at radius 1 is 1.00 bits per heavy atom. The van der Waals surface area contributed by atoms with Gasteiger partial charge in [0.25, 0.3) is 0 Å². The van der Waals surface area contributed by atoms with Crippen LogP contribution in [0.3, 0.4) is 0 Å². The molecule has 1 amide bonds. The first kappa shape index (κ1) is 12.1. The molecule has 4 heteroatoms. The quantitative estimate of drug-likeness (QED) is 0.898. The van der Waals surface area contributed by atoms with E-state index in [9.17, 15) is 9.18 Å². The first-order chi connectivity index (χ1) is 8.63. The van der Waals surface area contributed by atoms with Crippen LogP contribution in [0.2, 0.25) is 0 Å². The predicted molar refractivity (Wildman–Crippen MR) is 65.5 cm³/mol. The van der Waals surface area contributed by atoms with Crippen molar-refractivity contribution in [1.82, 2.24) is 0 Å². The molecule has 91 valence electrons. The zero-order valence-electron chi connectivity index (χ0n) is 9.47. The van der Waals surface area contributed by atoms with Crippen molar-refractivity contribution in [3.05, 3.63) is 66.3 Å². The van der Waals surface area contributed by atoms with Crippen molar-refractivity contribution < 1.29 is 13.9 Å². The van der Waals surface area contributed by atoms with Crippen molar-refractivity contribution in [2.24, 2.45) is 5.73 Å². The highest BCUT2D eigenvalue weighted by Crippen LogP contribution is 2.22. The summed E-state index contributed by atoms with van der Waals surface area (Å²) in [7, 11) is 0. The molecule has 0 fully saturated rings. The zero-order valence-corrected chi connectivity index (χ0v) is 9.47. The number of hydrogen-bond acceptors (Lipinski definition) is 2. The van der Waals surface area contributed by atoms with Crippen LogP contribution in [0.1, 0.15) is 5.56 Å². The molecule has 0 saturated carbocycles. The van der Waals surface area contributed by atoms with Gasteiger partial charge in [0.15, 0.2) is 0 Å². The number of primary amides is 1. The Morgan fingerprint density at radius 2 is 1.50 bits per heavy atom. The molecule has 2 N–H and O–H groups in total. The van der Waals surface area contributed by atoms with Gasteiger partial charge < -0.3 is 10.5 Å². The maximum Gasteiger partial charge on any atom is 0.226 e. The molecule has 0 unspecified atom stereocenters. The standard InChI is InChI=1S/C14H11FNO2/c15-11-3-7-13(8-4-11)18-12-5-1-10(2-6-12)9-14(16)17/h1-9H,(H2,16,17). The lowest BCUT2D eigenvalue weighted by molar-refractivity contribution is -0.114. The van der Waals surface area contributed by atoms with Crippen LogP contribution in [0.4, 0.5) is 4.39 Å². The van der Waals surface area contributed by atoms with E-state index in [0.717, 1.165) is 0 Å². The highest BCUT2D eigenvalue weighted by atomic mass is 19.1. The number of carbonyl (C=O) groups excluding carboxylic acids is 1. The second kappa shape index (κ2) is 5.31.